The molecule has 4 heteroatoms. The van der Waals surface area contributed by atoms with E-state index in [1.807, 2.05) is 0 Å². The Morgan fingerprint density at radius 3 is 3.08 bits per heavy atom. The van der Waals surface area contributed by atoms with Crippen LogP contribution in [-0.2, 0) is 14.3 Å². The molecule has 0 aromatic heterocycles. The van der Waals surface area contributed by atoms with E-state index in [4.69, 9.17) is 14.6 Å². The highest BCUT2D eigenvalue weighted by Crippen LogP contribution is 2.21. The van der Waals surface area contributed by atoms with Gasteiger partial charge in [-0.3, -0.25) is 4.79 Å². The molecule has 2 unspecified atom stereocenters. The lowest BCUT2D eigenvalue weighted by atomic mass is 9.96. The van der Waals surface area contributed by atoms with Crippen molar-refractivity contribution in [3.8, 4) is 0 Å². The summed E-state index contributed by atoms with van der Waals surface area (Å²) >= 11 is 0. The first kappa shape index (κ1) is 10.5. The molecule has 1 fully saturated rings. The highest BCUT2D eigenvalue weighted by molar-refractivity contribution is 5.72. The molecule has 0 aliphatic carbocycles. The van der Waals surface area contributed by atoms with Crippen molar-refractivity contribution in [1.82, 2.24) is 0 Å². The van der Waals surface area contributed by atoms with E-state index < -0.39 is 0 Å². The summed E-state index contributed by atoms with van der Waals surface area (Å²) in [5, 5.41) is 8.84. The Kier molecular flexibility index (Phi) is 4.18. The normalized spacial score (nSPS) is 28.5. The van der Waals surface area contributed by atoms with Gasteiger partial charge in [-0.1, -0.05) is 0 Å². The van der Waals surface area contributed by atoms with Crippen molar-refractivity contribution in [3.05, 3.63) is 0 Å². The fourth-order valence-corrected chi connectivity index (χ4v) is 1.48. The average Bonchev–Trinajstić information content (AvgIpc) is 2.18. The van der Waals surface area contributed by atoms with Crippen molar-refractivity contribution in [1.29, 1.82) is 0 Å². The maximum Gasteiger partial charge on any atom is 0.309 e. The summed E-state index contributed by atoms with van der Waals surface area (Å²) in [6, 6.07) is 0. The van der Waals surface area contributed by atoms with E-state index in [1.54, 1.807) is 6.92 Å². The number of hydrogen-bond donors (Lipinski definition) is 1. The number of carbonyl (C=O) groups excluding carboxylic acids is 1. The van der Waals surface area contributed by atoms with E-state index in [1.165, 1.54) is 0 Å². The molecule has 4 nitrogen and oxygen atoms in total. The third-order valence-electron chi connectivity index (χ3n) is 2.19. The first-order valence-electron chi connectivity index (χ1n) is 4.67. The maximum absolute atomic E-state index is 11.3. The molecule has 13 heavy (non-hydrogen) atoms. The predicted molar refractivity (Wildman–Crippen MR) is 46.2 cm³/mol. The van der Waals surface area contributed by atoms with Gasteiger partial charge in [-0.15, -0.1) is 0 Å². The molecule has 1 aliphatic rings. The van der Waals surface area contributed by atoms with E-state index in [-0.39, 0.29) is 24.6 Å². The van der Waals surface area contributed by atoms with Gasteiger partial charge in [0.25, 0.3) is 0 Å². The molecule has 1 rings (SSSR count). The van der Waals surface area contributed by atoms with Gasteiger partial charge >= 0.3 is 5.97 Å². The predicted octanol–water partition coefficient (Wildman–Crippen LogP) is 0.337. The van der Waals surface area contributed by atoms with Gasteiger partial charge in [0.15, 0.2) is 0 Å². The van der Waals surface area contributed by atoms with Crippen LogP contribution in [0.5, 0.6) is 0 Å². The molecule has 1 heterocycles. The SMILES string of the molecule is CCOC(=O)C1CCOC(CO)C1. The second-order valence-electron chi connectivity index (χ2n) is 3.15. The first-order chi connectivity index (χ1) is 6.27. The molecule has 1 aliphatic heterocycles. The van der Waals surface area contributed by atoms with Gasteiger partial charge in [-0.2, -0.15) is 0 Å². The van der Waals surface area contributed by atoms with Gasteiger partial charge in [0.1, 0.15) is 0 Å². The van der Waals surface area contributed by atoms with E-state index in [2.05, 4.69) is 0 Å². The number of rotatable bonds is 3. The van der Waals surface area contributed by atoms with E-state index >= 15 is 0 Å². The van der Waals surface area contributed by atoms with Crippen molar-refractivity contribution < 1.29 is 19.4 Å². The first-order valence-corrected chi connectivity index (χ1v) is 4.67. The highest BCUT2D eigenvalue weighted by Gasteiger charge is 2.28. The minimum absolute atomic E-state index is 0.0180. The summed E-state index contributed by atoms with van der Waals surface area (Å²) in [4.78, 5) is 11.3. The zero-order valence-electron chi connectivity index (χ0n) is 7.86. The summed E-state index contributed by atoms with van der Waals surface area (Å²) < 4.78 is 10.1. The molecule has 2 atom stereocenters. The van der Waals surface area contributed by atoms with E-state index in [0.29, 0.717) is 26.1 Å². The smallest absolute Gasteiger partial charge is 0.309 e. The Balaban J connectivity index is 2.37. The van der Waals surface area contributed by atoms with E-state index in [0.717, 1.165) is 0 Å². The summed E-state index contributed by atoms with van der Waals surface area (Å²) in [5.41, 5.74) is 0. The largest absolute Gasteiger partial charge is 0.466 e. The van der Waals surface area contributed by atoms with Gasteiger partial charge in [0.05, 0.1) is 25.2 Å². The van der Waals surface area contributed by atoms with Crippen molar-refractivity contribution in [2.24, 2.45) is 5.92 Å². The van der Waals surface area contributed by atoms with Gasteiger partial charge in [0.2, 0.25) is 0 Å². The lowest BCUT2D eigenvalue weighted by Crippen LogP contribution is -2.33. The molecule has 0 radical (unpaired) electrons. The van der Waals surface area contributed by atoms with Gasteiger partial charge in [0, 0.05) is 6.61 Å². The molecule has 1 saturated heterocycles. The molecule has 0 amide bonds. The lowest BCUT2D eigenvalue weighted by molar-refractivity contribution is -0.154. The van der Waals surface area contributed by atoms with Crippen LogP contribution in [0.2, 0.25) is 0 Å². The third kappa shape index (κ3) is 2.97. The zero-order chi connectivity index (χ0) is 9.68. The fraction of sp³-hybridized carbons (Fsp3) is 0.889. The number of ether oxygens (including phenoxy) is 2. The summed E-state index contributed by atoms with van der Waals surface area (Å²) in [6.07, 6.45) is 1.09. The second kappa shape index (κ2) is 5.19. The lowest BCUT2D eigenvalue weighted by Gasteiger charge is -2.26. The topological polar surface area (TPSA) is 55.8 Å². The molecule has 0 aromatic rings. The summed E-state index contributed by atoms with van der Waals surface area (Å²) in [5.74, 6) is -0.255. The molecule has 0 spiro atoms. The molecular weight excluding hydrogens is 172 g/mol. The Morgan fingerprint density at radius 2 is 2.46 bits per heavy atom. The van der Waals surface area contributed by atoms with Crippen molar-refractivity contribution in [2.45, 2.75) is 25.9 Å². The Bertz CT molecular complexity index is 169. The van der Waals surface area contributed by atoms with Crippen molar-refractivity contribution >= 4 is 5.97 Å². The molecule has 0 saturated carbocycles. The quantitative estimate of drug-likeness (QED) is 0.649. The number of aliphatic hydroxyl groups excluding tert-OH is 1. The van der Waals surface area contributed by atoms with Crippen molar-refractivity contribution in [2.75, 3.05) is 19.8 Å². The van der Waals surface area contributed by atoms with Crippen LogP contribution in [0.15, 0.2) is 0 Å². The molecular formula is C9H16O4. The highest BCUT2D eigenvalue weighted by atomic mass is 16.5. The van der Waals surface area contributed by atoms with Crippen LogP contribution in [0.3, 0.4) is 0 Å². The van der Waals surface area contributed by atoms with Gasteiger partial charge in [-0.05, 0) is 19.8 Å². The van der Waals surface area contributed by atoms with Gasteiger partial charge in [-0.25, -0.2) is 0 Å². The summed E-state index contributed by atoms with van der Waals surface area (Å²) in [7, 11) is 0. The molecule has 0 aromatic carbocycles. The van der Waals surface area contributed by atoms with Crippen LogP contribution in [0, 0.1) is 5.92 Å². The monoisotopic (exact) mass is 188 g/mol. The number of hydrogen-bond acceptors (Lipinski definition) is 4. The van der Waals surface area contributed by atoms with Crippen LogP contribution in [0.4, 0.5) is 0 Å². The number of carbonyl (C=O) groups is 1. The van der Waals surface area contributed by atoms with Crippen LogP contribution >= 0.6 is 0 Å². The average molecular weight is 188 g/mol. The second-order valence-corrected chi connectivity index (χ2v) is 3.15. The van der Waals surface area contributed by atoms with Crippen molar-refractivity contribution in [3.63, 3.8) is 0 Å². The molecule has 76 valence electrons. The fourth-order valence-electron chi connectivity index (χ4n) is 1.48. The molecule has 1 N–H and O–H groups in total. The van der Waals surface area contributed by atoms with Crippen LogP contribution < -0.4 is 0 Å². The van der Waals surface area contributed by atoms with Crippen LogP contribution in [0.25, 0.3) is 0 Å². The standard InChI is InChI=1S/C9H16O4/c1-2-12-9(11)7-3-4-13-8(5-7)6-10/h7-8,10H,2-6H2,1H3. The number of esters is 1. The Labute approximate surface area is 77.8 Å². The molecule has 0 bridgehead atoms. The van der Waals surface area contributed by atoms with Crippen LogP contribution in [0.1, 0.15) is 19.8 Å². The Hall–Kier alpha value is -0.610. The zero-order valence-corrected chi connectivity index (χ0v) is 7.86. The number of aliphatic hydroxyl groups is 1. The van der Waals surface area contributed by atoms with Gasteiger partial charge < -0.3 is 14.6 Å². The van der Waals surface area contributed by atoms with E-state index in [9.17, 15) is 4.79 Å². The third-order valence-corrected chi connectivity index (χ3v) is 2.19. The Morgan fingerprint density at radius 1 is 1.69 bits per heavy atom. The maximum atomic E-state index is 11.3. The van der Waals surface area contributed by atoms with Crippen LogP contribution in [-0.4, -0.2) is 37.0 Å². The summed E-state index contributed by atoms with van der Waals surface area (Å²) in [6.45, 7) is 2.73. The minimum Gasteiger partial charge on any atom is -0.466 e. The minimum atomic E-state index is -0.192.